The SMILES string of the molecule is CCOC(=O)C(C)(C)S(=O)(=O)c1cccc(F)c1. The van der Waals surface area contributed by atoms with E-state index in [0.29, 0.717) is 0 Å². The van der Waals surface area contributed by atoms with Crippen molar-refractivity contribution < 1.29 is 22.3 Å². The molecule has 0 aliphatic heterocycles. The highest BCUT2D eigenvalue weighted by atomic mass is 32.2. The molecule has 18 heavy (non-hydrogen) atoms. The largest absolute Gasteiger partial charge is 0.465 e. The molecule has 0 saturated carbocycles. The van der Waals surface area contributed by atoms with Gasteiger partial charge in [0.05, 0.1) is 11.5 Å². The fourth-order valence-corrected chi connectivity index (χ4v) is 2.74. The molecule has 0 aromatic heterocycles. The molecule has 0 N–H and O–H groups in total. The number of hydrogen-bond donors (Lipinski definition) is 0. The van der Waals surface area contributed by atoms with Crippen molar-refractivity contribution in [1.82, 2.24) is 0 Å². The van der Waals surface area contributed by atoms with Gasteiger partial charge in [0, 0.05) is 0 Å². The normalized spacial score (nSPS) is 12.2. The summed E-state index contributed by atoms with van der Waals surface area (Å²) in [5.41, 5.74) is 0. The molecular weight excluding hydrogens is 259 g/mol. The topological polar surface area (TPSA) is 60.4 Å². The van der Waals surface area contributed by atoms with Gasteiger partial charge in [0.15, 0.2) is 14.6 Å². The molecule has 1 aromatic carbocycles. The van der Waals surface area contributed by atoms with Crippen molar-refractivity contribution in [2.24, 2.45) is 0 Å². The summed E-state index contributed by atoms with van der Waals surface area (Å²) >= 11 is 0. The van der Waals surface area contributed by atoms with Crippen LogP contribution in [-0.4, -0.2) is 25.7 Å². The molecule has 0 spiro atoms. The molecule has 0 aliphatic rings. The number of benzene rings is 1. The Balaban J connectivity index is 3.25. The molecule has 0 aliphatic carbocycles. The van der Waals surface area contributed by atoms with Gasteiger partial charge in [-0.25, -0.2) is 12.8 Å². The van der Waals surface area contributed by atoms with Crippen LogP contribution in [0.2, 0.25) is 0 Å². The predicted octanol–water partition coefficient (Wildman–Crippen LogP) is 1.94. The van der Waals surface area contributed by atoms with Gasteiger partial charge in [-0.3, -0.25) is 4.79 Å². The Kier molecular flexibility index (Phi) is 4.11. The van der Waals surface area contributed by atoms with Crippen molar-refractivity contribution in [3.63, 3.8) is 0 Å². The second-order valence-electron chi connectivity index (χ2n) is 4.19. The average Bonchev–Trinajstić information content (AvgIpc) is 2.29. The molecule has 0 atom stereocenters. The fourth-order valence-electron chi connectivity index (χ4n) is 1.34. The van der Waals surface area contributed by atoms with E-state index in [0.717, 1.165) is 12.1 Å². The van der Waals surface area contributed by atoms with Gasteiger partial charge < -0.3 is 4.74 Å². The van der Waals surface area contributed by atoms with Gasteiger partial charge in [-0.15, -0.1) is 0 Å². The van der Waals surface area contributed by atoms with E-state index in [1.165, 1.54) is 26.0 Å². The lowest BCUT2D eigenvalue weighted by Gasteiger charge is -2.22. The van der Waals surface area contributed by atoms with Crippen LogP contribution in [0.25, 0.3) is 0 Å². The summed E-state index contributed by atoms with van der Waals surface area (Å²) in [6.45, 7) is 4.15. The lowest BCUT2D eigenvalue weighted by atomic mass is 10.2. The molecular formula is C12H15FO4S. The highest BCUT2D eigenvalue weighted by Gasteiger charge is 2.44. The first-order valence-electron chi connectivity index (χ1n) is 5.41. The van der Waals surface area contributed by atoms with Gasteiger partial charge in [-0.05, 0) is 39.0 Å². The summed E-state index contributed by atoms with van der Waals surface area (Å²) in [5, 5.41) is 0. The van der Waals surface area contributed by atoms with Gasteiger partial charge in [0.25, 0.3) is 0 Å². The average molecular weight is 274 g/mol. The van der Waals surface area contributed by atoms with E-state index in [2.05, 4.69) is 0 Å². The van der Waals surface area contributed by atoms with Crippen molar-refractivity contribution in [2.75, 3.05) is 6.61 Å². The summed E-state index contributed by atoms with van der Waals surface area (Å²) in [6, 6.07) is 4.55. The molecule has 0 radical (unpaired) electrons. The van der Waals surface area contributed by atoms with Gasteiger partial charge in [-0.1, -0.05) is 6.07 Å². The minimum atomic E-state index is -4.00. The number of esters is 1. The Morgan fingerprint density at radius 3 is 2.50 bits per heavy atom. The first kappa shape index (κ1) is 14.6. The fraction of sp³-hybridized carbons (Fsp3) is 0.417. The van der Waals surface area contributed by atoms with Crippen LogP contribution >= 0.6 is 0 Å². The molecule has 1 aromatic rings. The minimum Gasteiger partial charge on any atom is -0.465 e. The number of halogens is 1. The molecule has 0 bridgehead atoms. The Hall–Kier alpha value is -1.43. The first-order valence-corrected chi connectivity index (χ1v) is 6.89. The van der Waals surface area contributed by atoms with Crippen molar-refractivity contribution in [2.45, 2.75) is 30.4 Å². The monoisotopic (exact) mass is 274 g/mol. The van der Waals surface area contributed by atoms with E-state index in [1.54, 1.807) is 6.92 Å². The lowest BCUT2D eigenvalue weighted by Crippen LogP contribution is -2.42. The zero-order valence-electron chi connectivity index (χ0n) is 10.4. The van der Waals surface area contributed by atoms with E-state index in [1.807, 2.05) is 0 Å². The number of rotatable bonds is 4. The van der Waals surface area contributed by atoms with Crippen molar-refractivity contribution in [3.8, 4) is 0 Å². The number of ether oxygens (including phenoxy) is 1. The molecule has 0 unspecified atom stereocenters. The van der Waals surface area contributed by atoms with Crippen LogP contribution < -0.4 is 0 Å². The highest BCUT2D eigenvalue weighted by Crippen LogP contribution is 2.27. The van der Waals surface area contributed by atoms with Crippen LogP contribution in [0.4, 0.5) is 4.39 Å². The molecule has 100 valence electrons. The van der Waals surface area contributed by atoms with E-state index in [4.69, 9.17) is 4.74 Å². The van der Waals surface area contributed by atoms with Crippen LogP contribution in [-0.2, 0) is 19.4 Å². The minimum absolute atomic E-state index is 0.0843. The van der Waals surface area contributed by atoms with Crippen molar-refractivity contribution >= 4 is 15.8 Å². The van der Waals surface area contributed by atoms with Gasteiger partial charge in [0.2, 0.25) is 0 Å². The van der Waals surface area contributed by atoms with Crippen molar-refractivity contribution in [3.05, 3.63) is 30.1 Å². The zero-order valence-corrected chi connectivity index (χ0v) is 11.3. The van der Waals surface area contributed by atoms with Crippen LogP contribution in [0.1, 0.15) is 20.8 Å². The summed E-state index contributed by atoms with van der Waals surface area (Å²) in [5.74, 6) is -1.52. The van der Waals surface area contributed by atoms with Crippen molar-refractivity contribution in [1.29, 1.82) is 0 Å². The number of carbonyl (C=O) groups is 1. The Morgan fingerprint density at radius 2 is 2.00 bits per heavy atom. The smallest absolute Gasteiger partial charge is 0.327 e. The maximum absolute atomic E-state index is 13.1. The van der Waals surface area contributed by atoms with E-state index in [-0.39, 0.29) is 11.5 Å². The van der Waals surface area contributed by atoms with E-state index in [9.17, 15) is 17.6 Å². The maximum atomic E-state index is 13.1. The summed E-state index contributed by atoms with van der Waals surface area (Å²) < 4.78 is 40.5. The number of sulfone groups is 1. The summed E-state index contributed by atoms with van der Waals surface area (Å²) in [4.78, 5) is 11.4. The third-order valence-electron chi connectivity index (χ3n) is 2.55. The Labute approximate surface area is 106 Å². The van der Waals surface area contributed by atoms with Crippen LogP contribution in [0.15, 0.2) is 29.2 Å². The summed E-state index contributed by atoms with van der Waals surface area (Å²) in [6.07, 6.45) is 0. The second-order valence-corrected chi connectivity index (χ2v) is 6.69. The van der Waals surface area contributed by atoms with E-state index < -0.39 is 26.4 Å². The predicted molar refractivity (Wildman–Crippen MR) is 64.3 cm³/mol. The molecule has 4 nitrogen and oxygen atoms in total. The third kappa shape index (κ3) is 2.53. The zero-order chi connectivity index (χ0) is 14.0. The Morgan fingerprint density at radius 1 is 1.39 bits per heavy atom. The standard InChI is InChI=1S/C12H15FO4S/c1-4-17-11(14)12(2,3)18(15,16)10-7-5-6-9(13)8-10/h5-8H,4H2,1-3H3. The number of hydrogen-bond acceptors (Lipinski definition) is 4. The second kappa shape index (κ2) is 5.06. The first-order chi connectivity index (χ1) is 8.23. The molecule has 0 fully saturated rings. The van der Waals surface area contributed by atoms with Gasteiger partial charge in [0.1, 0.15) is 5.82 Å². The maximum Gasteiger partial charge on any atom is 0.327 e. The molecule has 6 heteroatoms. The highest BCUT2D eigenvalue weighted by molar-refractivity contribution is 7.93. The molecule has 0 saturated heterocycles. The molecule has 1 rings (SSSR count). The van der Waals surface area contributed by atoms with Crippen LogP contribution in [0, 0.1) is 5.82 Å². The molecule has 0 heterocycles. The van der Waals surface area contributed by atoms with E-state index >= 15 is 0 Å². The number of carbonyl (C=O) groups excluding carboxylic acids is 1. The summed E-state index contributed by atoms with van der Waals surface area (Å²) in [7, 11) is -4.00. The Bertz CT molecular complexity index is 549. The van der Waals surface area contributed by atoms with Crippen LogP contribution in [0.5, 0.6) is 0 Å². The van der Waals surface area contributed by atoms with Crippen LogP contribution in [0.3, 0.4) is 0 Å². The van der Waals surface area contributed by atoms with Gasteiger partial charge >= 0.3 is 5.97 Å². The lowest BCUT2D eigenvalue weighted by molar-refractivity contribution is -0.145. The quantitative estimate of drug-likeness (QED) is 0.787. The van der Waals surface area contributed by atoms with Gasteiger partial charge in [-0.2, -0.15) is 0 Å². The third-order valence-corrected chi connectivity index (χ3v) is 4.93. The molecule has 0 amide bonds.